The molecule has 0 unspecified atom stereocenters. The summed E-state index contributed by atoms with van der Waals surface area (Å²) in [5, 5.41) is 2.44. The standard InChI is InChI=1S/C7H8N2O.C3H3NO/c8-7(10)9-6-4-2-1-3-5-6;1-2-5-3-4-1/h1-5H,(H3,8,9,10);1-3H. The molecule has 2 amide bonds. The Kier molecular flexibility index (Phi) is 4.45. The average Bonchev–Trinajstić information content (AvgIpc) is 2.76. The van der Waals surface area contributed by atoms with Gasteiger partial charge in [-0.15, -0.1) is 0 Å². The Balaban J connectivity index is 0.000000187. The molecule has 0 bridgehead atoms. The second kappa shape index (κ2) is 6.20. The molecule has 2 rings (SSSR count). The van der Waals surface area contributed by atoms with Gasteiger partial charge in [0.15, 0.2) is 6.39 Å². The monoisotopic (exact) mass is 205 g/mol. The van der Waals surface area contributed by atoms with E-state index in [1.54, 1.807) is 18.3 Å². The van der Waals surface area contributed by atoms with Crippen LogP contribution in [0.3, 0.4) is 0 Å². The molecule has 0 saturated heterocycles. The van der Waals surface area contributed by atoms with Gasteiger partial charge in [0.05, 0.1) is 6.20 Å². The van der Waals surface area contributed by atoms with Crippen molar-refractivity contribution in [2.45, 2.75) is 0 Å². The number of anilines is 1. The number of primary amides is 1. The van der Waals surface area contributed by atoms with Gasteiger partial charge in [-0.3, -0.25) is 0 Å². The molecule has 0 aliphatic heterocycles. The van der Waals surface area contributed by atoms with Gasteiger partial charge in [-0.1, -0.05) is 18.2 Å². The highest BCUT2D eigenvalue weighted by molar-refractivity contribution is 5.87. The van der Waals surface area contributed by atoms with E-state index in [-0.39, 0.29) is 0 Å². The number of rotatable bonds is 1. The lowest BCUT2D eigenvalue weighted by Gasteiger charge is -1.97. The van der Waals surface area contributed by atoms with E-state index in [1.807, 2.05) is 18.2 Å². The summed E-state index contributed by atoms with van der Waals surface area (Å²) in [6, 6.07) is 8.52. The van der Waals surface area contributed by atoms with Crippen LogP contribution >= 0.6 is 0 Å². The number of nitrogens with zero attached hydrogens (tertiary/aromatic N) is 1. The topological polar surface area (TPSA) is 81.2 Å². The summed E-state index contributed by atoms with van der Waals surface area (Å²) < 4.78 is 4.47. The summed E-state index contributed by atoms with van der Waals surface area (Å²) in [5.74, 6) is 0. The van der Waals surface area contributed by atoms with Gasteiger partial charge in [-0.05, 0) is 12.1 Å². The molecule has 0 aliphatic rings. The molecule has 78 valence electrons. The van der Waals surface area contributed by atoms with Crippen molar-refractivity contribution < 1.29 is 9.21 Å². The van der Waals surface area contributed by atoms with E-state index >= 15 is 0 Å². The fourth-order valence-electron chi connectivity index (χ4n) is 0.839. The number of amides is 2. The molecule has 15 heavy (non-hydrogen) atoms. The second-order valence-electron chi connectivity index (χ2n) is 2.53. The Bertz CT molecular complexity index is 356. The van der Waals surface area contributed by atoms with E-state index in [4.69, 9.17) is 5.73 Å². The molecule has 0 atom stereocenters. The SMILES string of the molecule is NC(=O)Nc1ccccc1.c1cocn1. The predicted octanol–water partition coefficient (Wildman–Crippen LogP) is 1.85. The Morgan fingerprint density at radius 3 is 2.47 bits per heavy atom. The highest BCUT2D eigenvalue weighted by Gasteiger charge is 1.90. The lowest BCUT2D eigenvalue weighted by Crippen LogP contribution is -2.18. The van der Waals surface area contributed by atoms with Crippen molar-refractivity contribution >= 4 is 11.7 Å². The smallest absolute Gasteiger partial charge is 0.316 e. The number of urea groups is 1. The minimum absolute atomic E-state index is 0.536. The molecule has 0 spiro atoms. The highest BCUT2D eigenvalue weighted by Crippen LogP contribution is 2.03. The molecule has 0 radical (unpaired) electrons. The van der Waals surface area contributed by atoms with Crippen LogP contribution < -0.4 is 11.1 Å². The van der Waals surface area contributed by atoms with Crippen LogP contribution in [0.2, 0.25) is 0 Å². The molecular weight excluding hydrogens is 194 g/mol. The minimum atomic E-state index is -0.536. The molecule has 1 heterocycles. The number of nitrogens with two attached hydrogens (primary N) is 1. The van der Waals surface area contributed by atoms with Crippen LogP contribution in [0.25, 0.3) is 0 Å². The molecule has 0 aliphatic carbocycles. The van der Waals surface area contributed by atoms with Crippen molar-refractivity contribution in [2.24, 2.45) is 5.73 Å². The lowest BCUT2D eigenvalue weighted by molar-refractivity contribution is 0.259. The van der Waals surface area contributed by atoms with Crippen LogP contribution in [-0.2, 0) is 0 Å². The summed E-state index contributed by atoms with van der Waals surface area (Å²) in [6.45, 7) is 0. The van der Waals surface area contributed by atoms with Gasteiger partial charge in [-0.2, -0.15) is 0 Å². The average molecular weight is 205 g/mol. The van der Waals surface area contributed by atoms with Gasteiger partial charge in [0.2, 0.25) is 0 Å². The largest absolute Gasteiger partial charge is 0.452 e. The zero-order valence-electron chi connectivity index (χ0n) is 7.96. The van der Waals surface area contributed by atoms with Crippen molar-refractivity contribution in [2.75, 3.05) is 5.32 Å². The normalized spacial score (nSPS) is 8.53. The fourth-order valence-corrected chi connectivity index (χ4v) is 0.839. The van der Waals surface area contributed by atoms with Gasteiger partial charge in [0.25, 0.3) is 0 Å². The first-order valence-electron chi connectivity index (χ1n) is 4.22. The minimum Gasteiger partial charge on any atom is -0.452 e. The Morgan fingerprint density at radius 2 is 2.07 bits per heavy atom. The summed E-state index contributed by atoms with van der Waals surface area (Å²) >= 11 is 0. The first-order valence-corrected chi connectivity index (χ1v) is 4.22. The molecule has 2 aromatic rings. The molecule has 5 heteroatoms. The summed E-state index contributed by atoms with van der Waals surface area (Å²) in [4.78, 5) is 13.8. The summed E-state index contributed by atoms with van der Waals surface area (Å²) in [5.41, 5.74) is 5.59. The second-order valence-corrected chi connectivity index (χ2v) is 2.53. The number of oxazole rings is 1. The van der Waals surface area contributed by atoms with Crippen molar-refractivity contribution in [3.63, 3.8) is 0 Å². The third-order valence-electron chi connectivity index (χ3n) is 1.39. The number of carbonyl (C=O) groups is 1. The molecule has 0 fully saturated rings. The van der Waals surface area contributed by atoms with E-state index in [0.29, 0.717) is 0 Å². The number of nitrogens with one attached hydrogen (secondary N) is 1. The number of hydrogen-bond acceptors (Lipinski definition) is 3. The van der Waals surface area contributed by atoms with Crippen LogP contribution in [0.5, 0.6) is 0 Å². The first-order chi connectivity index (χ1) is 7.29. The van der Waals surface area contributed by atoms with Crippen molar-refractivity contribution in [1.29, 1.82) is 0 Å². The lowest BCUT2D eigenvalue weighted by atomic mass is 10.3. The van der Waals surface area contributed by atoms with Crippen LogP contribution in [0.1, 0.15) is 0 Å². The van der Waals surface area contributed by atoms with Crippen LogP contribution in [0, 0.1) is 0 Å². The number of aromatic nitrogens is 1. The Hall–Kier alpha value is -2.30. The van der Waals surface area contributed by atoms with E-state index in [1.165, 1.54) is 12.7 Å². The van der Waals surface area contributed by atoms with Crippen LogP contribution in [0.15, 0.2) is 53.6 Å². The zero-order valence-corrected chi connectivity index (χ0v) is 7.96. The molecular formula is C10H11N3O2. The van der Waals surface area contributed by atoms with Crippen molar-refractivity contribution in [1.82, 2.24) is 4.98 Å². The number of benzene rings is 1. The maximum Gasteiger partial charge on any atom is 0.316 e. The van der Waals surface area contributed by atoms with Gasteiger partial charge in [-0.25, -0.2) is 9.78 Å². The third kappa shape index (κ3) is 5.09. The van der Waals surface area contributed by atoms with Crippen LogP contribution in [-0.4, -0.2) is 11.0 Å². The third-order valence-corrected chi connectivity index (χ3v) is 1.39. The molecule has 1 aromatic heterocycles. The quantitative estimate of drug-likeness (QED) is 0.745. The molecule has 1 aromatic carbocycles. The van der Waals surface area contributed by atoms with Gasteiger partial charge < -0.3 is 15.5 Å². The van der Waals surface area contributed by atoms with E-state index in [9.17, 15) is 4.79 Å². The summed E-state index contributed by atoms with van der Waals surface area (Å²) in [6.07, 6.45) is 4.47. The number of hydrogen-bond donors (Lipinski definition) is 2. The van der Waals surface area contributed by atoms with Crippen molar-refractivity contribution in [3.8, 4) is 0 Å². The molecule has 0 saturated carbocycles. The number of para-hydroxylation sites is 1. The van der Waals surface area contributed by atoms with Gasteiger partial charge >= 0.3 is 6.03 Å². The Morgan fingerprint density at radius 1 is 1.33 bits per heavy atom. The molecule has 5 nitrogen and oxygen atoms in total. The fraction of sp³-hybridized carbons (Fsp3) is 0. The maximum atomic E-state index is 10.3. The summed E-state index contributed by atoms with van der Waals surface area (Å²) in [7, 11) is 0. The van der Waals surface area contributed by atoms with Crippen LogP contribution in [0.4, 0.5) is 10.5 Å². The van der Waals surface area contributed by atoms with Gasteiger partial charge in [0.1, 0.15) is 6.26 Å². The van der Waals surface area contributed by atoms with Crippen molar-refractivity contribution in [3.05, 3.63) is 49.2 Å². The van der Waals surface area contributed by atoms with E-state index < -0.39 is 6.03 Å². The van der Waals surface area contributed by atoms with Gasteiger partial charge in [0, 0.05) is 5.69 Å². The predicted molar refractivity (Wildman–Crippen MR) is 56.2 cm³/mol. The molecule has 3 N–H and O–H groups in total. The van der Waals surface area contributed by atoms with E-state index in [0.717, 1.165) is 5.69 Å². The highest BCUT2D eigenvalue weighted by atomic mass is 16.3. The van der Waals surface area contributed by atoms with E-state index in [2.05, 4.69) is 14.7 Å². The number of carbonyl (C=O) groups excluding carboxylic acids is 1. The first kappa shape index (κ1) is 10.8. The Labute approximate surface area is 86.9 Å². The maximum absolute atomic E-state index is 10.3. The zero-order chi connectivity index (χ0) is 10.9.